The van der Waals surface area contributed by atoms with E-state index in [1.54, 1.807) is 19.2 Å². The van der Waals surface area contributed by atoms with Crippen LogP contribution in [0.25, 0.3) is 0 Å². The van der Waals surface area contributed by atoms with E-state index >= 15 is 0 Å². The smallest absolute Gasteiger partial charge is 0.215 e. The maximum atomic E-state index is 5.87. The van der Waals surface area contributed by atoms with Gasteiger partial charge in [0.25, 0.3) is 0 Å². The minimum absolute atomic E-state index is 0.514. The summed E-state index contributed by atoms with van der Waals surface area (Å²) in [7, 11) is 1.57. The Morgan fingerprint density at radius 2 is 2.00 bits per heavy atom. The number of nitrogens with two attached hydrogens (primary N) is 1. The highest BCUT2D eigenvalue weighted by Crippen LogP contribution is 2.30. The van der Waals surface area contributed by atoms with Crippen LogP contribution in [0.1, 0.15) is 0 Å². The van der Waals surface area contributed by atoms with Crippen LogP contribution in [0.3, 0.4) is 0 Å². The normalized spacial score (nSPS) is 10.2. The second-order valence-corrected chi connectivity index (χ2v) is 5.31. The summed E-state index contributed by atoms with van der Waals surface area (Å²) in [5, 5.41) is 3.16. The standard InChI is InChI=1S/C12H11Br2N3O/c1-18-11-5-3-9(15)12(17-11)16-10-4-2-7(13)6-8(10)14/h2-6H,15H2,1H3,(H,16,17). The molecule has 1 heterocycles. The fourth-order valence-electron chi connectivity index (χ4n) is 1.38. The van der Waals surface area contributed by atoms with E-state index in [0.717, 1.165) is 14.6 Å². The van der Waals surface area contributed by atoms with Crippen molar-refractivity contribution < 1.29 is 4.74 Å². The van der Waals surface area contributed by atoms with Crippen molar-refractivity contribution in [3.63, 3.8) is 0 Å². The molecular weight excluding hydrogens is 362 g/mol. The third-order valence-corrected chi connectivity index (χ3v) is 3.44. The Bertz CT molecular complexity index is 575. The van der Waals surface area contributed by atoms with Gasteiger partial charge in [0.15, 0.2) is 5.82 Å². The summed E-state index contributed by atoms with van der Waals surface area (Å²) in [6.07, 6.45) is 0. The van der Waals surface area contributed by atoms with Gasteiger partial charge in [-0.15, -0.1) is 0 Å². The number of hydrogen-bond acceptors (Lipinski definition) is 4. The van der Waals surface area contributed by atoms with E-state index in [9.17, 15) is 0 Å². The summed E-state index contributed by atoms with van der Waals surface area (Å²) in [5.74, 6) is 1.08. The van der Waals surface area contributed by atoms with Crippen LogP contribution in [0, 0.1) is 0 Å². The predicted octanol–water partition coefficient (Wildman–Crippen LogP) is 3.94. The van der Waals surface area contributed by atoms with Gasteiger partial charge in [0.05, 0.1) is 18.5 Å². The Labute approximate surface area is 122 Å². The molecule has 0 bridgehead atoms. The number of hydrogen-bond donors (Lipinski definition) is 2. The summed E-state index contributed by atoms with van der Waals surface area (Å²) in [4.78, 5) is 4.26. The Morgan fingerprint density at radius 1 is 1.22 bits per heavy atom. The zero-order valence-corrected chi connectivity index (χ0v) is 12.7. The van der Waals surface area contributed by atoms with Crippen LogP contribution in [-0.2, 0) is 0 Å². The van der Waals surface area contributed by atoms with E-state index in [4.69, 9.17) is 10.5 Å². The molecule has 1 aromatic carbocycles. The number of aromatic nitrogens is 1. The molecule has 0 unspecified atom stereocenters. The molecule has 3 N–H and O–H groups in total. The van der Waals surface area contributed by atoms with Crippen LogP contribution in [-0.4, -0.2) is 12.1 Å². The second-order valence-electron chi connectivity index (χ2n) is 3.54. The highest BCUT2D eigenvalue weighted by molar-refractivity contribution is 9.11. The van der Waals surface area contributed by atoms with Crippen molar-refractivity contribution in [1.29, 1.82) is 0 Å². The number of halogens is 2. The molecule has 2 aromatic rings. The first kappa shape index (κ1) is 13.2. The van der Waals surface area contributed by atoms with Crippen LogP contribution in [0.2, 0.25) is 0 Å². The lowest BCUT2D eigenvalue weighted by Crippen LogP contribution is -2.01. The van der Waals surface area contributed by atoms with Crippen molar-refractivity contribution in [3.8, 4) is 5.88 Å². The van der Waals surface area contributed by atoms with Gasteiger partial charge in [0.1, 0.15) is 0 Å². The van der Waals surface area contributed by atoms with E-state index in [-0.39, 0.29) is 0 Å². The number of methoxy groups -OCH3 is 1. The second kappa shape index (κ2) is 5.58. The summed E-state index contributed by atoms with van der Waals surface area (Å²) < 4.78 is 6.98. The van der Waals surface area contributed by atoms with Gasteiger partial charge in [-0.05, 0) is 40.2 Å². The van der Waals surface area contributed by atoms with Crippen molar-refractivity contribution in [2.24, 2.45) is 0 Å². The molecule has 18 heavy (non-hydrogen) atoms. The molecular formula is C12H11Br2N3O. The molecule has 0 atom stereocenters. The quantitative estimate of drug-likeness (QED) is 0.856. The minimum atomic E-state index is 0.514. The first-order valence-electron chi connectivity index (χ1n) is 5.12. The van der Waals surface area contributed by atoms with Gasteiger partial charge >= 0.3 is 0 Å². The van der Waals surface area contributed by atoms with Gasteiger partial charge in [-0.3, -0.25) is 0 Å². The van der Waals surface area contributed by atoms with Crippen molar-refractivity contribution >= 4 is 49.1 Å². The Hall–Kier alpha value is -1.27. The van der Waals surface area contributed by atoms with Gasteiger partial charge in [0, 0.05) is 15.0 Å². The van der Waals surface area contributed by atoms with Gasteiger partial charge in [-0.2, -0.15) is 4.98 Å². The molecule has 0 fully saturated rings. The predicted molar refractivity (Wildman–Crippen MR) is 80.3 cm³/mol. The Morgan fingerprint density at radius 3 is 2.67 bits per heavy atom. The molecule has 0 spiro atoms. The molecule has 1 aromatic heterocycles. The lowest BCUT2D eigenvalue weighted by molar-refractivity contribution is 0.398. The molecule has 0 aliphatic heterocycles. The van der Waals surface area contributed by atoms with Gasteiger partial charge in [-0.25, -0.2) is 0 Å². The molecule has 0 aliphatic rings. The maximum absolute atomic E-state index is 5.87. The number of benzene rings is 1. The number of pyridine rings is 1. The van der Waals surface area contributed by atoms with Crippen LogP contribution in [0.15, 0.2) is 39.3 Å². The largest absolute Gasteiger partial charge is 0.481 e. The summed E-state index contributed by atoms with van der Waals surface area (Å²) in [6.45, 7) is 0. The summed E-state index contributed by atoms with van der Waals surface area (Å²) in [6, 6.07) is 9.27. The monoisotopic (exact) mass is 371 g/mol. The molecule has 4 nitrogen and oxygen atoms in total. The Balaban J connectivity index is 2.33. The van der Waals surface area contributed by atoms with E-state index in [2.05, 4.69) is 42.2 Å². The lowest BCUT2D eigenvalue weighted by atomic mass is 10.3. The number of ether oxygens (including phenoxy) is 1. The average molecular weight is 373 g/mol. The topological polar surface area (TPSA) is 60.2 Å². The third kappa shape index (κ3) is 2.94. The van der Waals surface area contributed by atoms with Crippen LogP contribution in [0.4, 0.5) is 17.2 Å². The molecule has 0 aliphatic carbocycles. The third-order valence-electron chi connectivity index (χ3n) is 2.29. The van der Waals surface area contributed by atoms with Crippen molar-refractivity contribution in [1.82, 2.24) is 4.98 Å². The summed E-state index contributed by atoms with van der Waals surface area (Å²) in [5.41, 5.74) is 7.31. The minimum Gasteiger partial charge on any atom is -0.481 e. The molecule has 0 radical (unpaired) electrons. The Kier molecular flexibility index (Phi) is 4.08. The first-order chi connectivity index (χ1) is 8.60. The van der Waals surface area contributed by atoms with Crippen molar-refractivity contribution in [2.75, 3.05) is 18.2 Å². The van der Waals surface area contributed by atoms with E-state index in [0.29, 0.717) is 17.4 Å². The maximum Gasteiger partial charge on any atom is 0.215 e. The number of nitrogens with zero attached hydrogens (tertiary/aromatic N) is 1. The van der Waals surface area contributed by atoms with Gasteiger partial charge < -0.3 is 15.8 Å². The fourth-order valence-corrected chi connectivity index (χ4v) is 2.53. The zero-order valence-electron chi connectivity index (χ0n) is 9.58. The average Bonchev–Trinajstić information content (AvgIpc) is 2.35. The van der Waals surface area contributed by atoms with Crippen LogP contribution >= 0.6 is 31.9 Å². The highest BCUT2D eigenvalue weighted by atomic mass is 79.9. The number of rotatable bonds is 3. The van der Waals surface area contributed by atoms with Crippen LogP contribution in [0.5, 0.6) is 5.88 Å². The highest BCUT2D eigenvalue weighted by Gasteiger charge is 2.06. The van der Waals surface area contributed by atoms with Crippen molar-refractivity contribution in [3.05, 3.63) is 39.3 Å². The van der Waals surface area contributed by atoms with E-state index in [1.165, 1.54) is 0 Å². The SMILES string of the molecule is COc1ccc(N)c(Nc2ccc(Br)cc2Br)n1. The number of anilines is 3. The van der Waals surface area contributed by atoms with Gasteiger partial charge in [0.2, 0.25) is 5.88 Å². The zero-order chi connectivity index (χ0) is 13.1. The molecule has 94 valence electrons. The van der Waals surface area contributed by atoms with E-state index < -0.39 is 0 Å². The van der Waals surface area contributed by atoms with Gasteiger partial charge in [-0.1, -0.05) is 15.9 Å². The van der Waals surface area contributed by atoms with Crippen molar-refractivity contribution in [2.45, 2.75) is 0 Å². The first-order valence-corrected chi connectivity index (χ1v) is 6.71. The van der Waals surface area contributed by atoms with E-state index in [1.807, 2.05) is 18.2 Å². The molecule has 0 amide bonds. The van der Waals surface area contributed by atoms with Crippen LogP contribution < -0.4 is 15.8 Å². The fraction of sp³-hybridized carbons (Fsp3) is 0.0833. The lowest BCUT2D eigenvalue weighted by Gasteiger charge is -2.11. The molecule has 6 heteroatoms. The number of nitrogen functional groups attached to an aromatic ring is 1. The molecule has 0 saturated carbocycles. The molecule has 2 rings (SSSR count). The molecule has 0 saturated heterocycles. The summed E-state index contributed by atoms with van der Waals surface area (Å²) >= 11 is 6.87. The number of nitrogens with one attached hydrogen (secondary N) is 1.